The van der Waals surface area contributed by atoms with Crippen molar-refractivity contribution in [3.05, 3.63) is 23.2 Å². The molecule has 2 aromatic heterocycles. The average Bonchev–Trinajstić information content (AvgIpc) is 2.76. The van der Waals surface area contributed by atoms with E-state index in [1.165, 1.54) is 32.4 Å². The summed E-state index contributed by atoms with van der Waals surface area (Å²) in [5.41, 5.74) is 2.18. The maximum atomic E-state index is 5.43. The van der Waals surface area contributed by atoms with Crippen LogP contribution in [0.5, 0.6) is 0 Å². The van der Waals surface area contributed by atoms with E-state index in [1.807, 2.05) is 18.5 Å². The van der Waals surface area contributed by atoms with Crippen LogP contribution in [0, 0.1) is 4.77 Å². The molecule has 0 aromatic carbocycles. The van der Waals surface area contributed by atoms with Gasteiger partial charge >= 0.3 is 0 Å². The molecule has 1 saturated heterocycles. The molecule has 102 valence electrons. The predicted molar refractivity (Wildman–Crippen MR) is 79.8 cm³/mol. The van der Waals surface area contributed by atoms with Crippen molar-refractivity contribution < 1.29 is 0 Å². The van der Waals surface area contributed by atoms with E-state index in [2.05, 4.69) is 26.4 Å². The first-order valence-corrected chi connectivity index (χ1v) is 7.43. The van der Waals surface area contributed by atoms with Crippen molar-refractivity contribution in [3.8, 4) is 0 Å². The van der Waals surface area contributed by atoms with Crippen LogP contribution in [-0.2, 0) is 6.54 Å². The lowest BCUT2D eigenvalue weighted by Crippen LogP contribution is -2.39. The Bertz CT molecular complexity index is 609. The zero-order valence-corrected chi connectivity index (χ0v) is 12.1. The van der Waals surface area contributed by atoms with E-state index in [1.54, 1.807) is 0 Å². The minimum atomic E-state index is 0.527. The average molecular weight is 276 g/mol. The van der Waals surface area contributed by atoms with Crippen molar-refractivity contribution in [2.45, 2.75) is 38.8 Å². The van der Waals surface area contributed by atoms with E-state index < -0.39 is 0 Å². The van der Waals surface area contributed by atoms with Crippen molar-refractivity contribution >= 4 is 23.3 Å². The number of aromatic nitrogens is 3. The number of fused-ring (bicyclic) bond motifs is 1. The van der Waals surface area contributed by atoms with Gasteiger partial charge in [-0.25, -0.2) is 0 Å². The maximum Gasteiger partial charge on any atom is 0.178 e. The molecule has 4 nitrogen and oxygen atoms in total. The number of piperidine rings is 1. The Morgan fingerprint density at radius 2 is 2.16 bits per heavy atom. The molecule has 1 aliphatic rings. The molecule has 1 N–H and O–H groups in total. The molecule has 0 bridgehead atoms. The first-order chi connectivity index (χ1) is 9.25. The molecular formula is C14H20N4S. The van der Waals surface area contributed by atoms with Crippen LogP contribution in [-0.4, -0.2) is 38.6 Å². The van der Waals surface area contributed by atoms with Crippen LogP contribution < -0.4 is 0 Å². The molecule has 19 heavy (non-hydrogen) atoms. The number of pyridine rings is 1. The van der Waals surface area contributed by atoms with Crippen molar-refractivity contribution in [3.63, 3.8) is 0 Å². The Kier molecular flexibility index (Phi) is 3.66. The molecule has 3 heterocycles. The zero-order valence-electron chi connectivity index (χ0n) is 11.3. The third kappa shape index (κ3) is 2.58. The zero-order chi connectivity index (χ0) is 13.2. The molecule has 1 unspecified atom stereocenters. The molecule has 1 aliphatic heterocycles. The fourth-order valence-corrected chi connectivity index (χ4v) is 3.21. The topological polar surface area (TPSA) is 36.9 Å². The number of hydrogen-bond acceptors (Lipinski definition) is 3. The first-order valence-electron chi connectivity index (χ1n) is 7.02. The van der Waals surface area contributed by atoms with Gasteiger partial charge in [-0.05, 0) is 51.1 Å². The van der Waals surface area contributed by atoms with Crippen LogP contribution >= 0.6 is 12.2 Å². The van der Waals surface area contributed by atoms with Crippen LogP contribution in [0.3, 0.4) is 0 Å². The van der Waals surface area contributed by atoms with E-state index in [4.69, 9.17) is 12.2 Å². The molecule has 1 atom stereocenters. The number of rotatable bonds is 3. The minimum absolute atomic E-state index is 0.527. The number of aromatic amines is 1. The van der Waals surface area contributed by atoms with Gasteiger partial charge in [0.15, 0.2) is 4.77 Å². The van der Waals surface area contributed by atoms with Gasteiger partial charge in [0.2, 0.25) is 0 Å². The van der Waals surface area contributed by atoms with Gasteiger partial charge in [-0.15, -0.1) is 0 Å². The maximum absolute atomic E-state index is 5.43. The molecule has 0 spiro atoms. The Labute approximate surface area is 118 Å². The Balaban J connectivity index is 1.84. The Morgan fingerprint density at radius 1 is 1.37 bits per heavy atom. The third-order valence-electron chi connectivity index (χ3n) is 4.04. The first kappa shape index (κ1) is 12.8. The molecule has 0 radical (unpaired) electrons. The van der Waals surface area contributed by atoms with Gasteiger partial charge in [-0.3, -0.25) is 9.88 Å². The normalized spacial score (nSPS) is 18.8. The van der Waals surface area contributed by atoms with Gasteiger partial charge in [-0.1, -0.05) is 6.42 Å². The van der Waals surface area contributed by atoms with Crippen LogP contribution in [0.1, 0.15) is 26.2 Å². The van der Waals surface area contributed by atoms with Gasteiger partial charge in [-0.2, -0.15) is 0 Å². The second kappa shape index (κ2) is 5.43. The van der Waals surface area contributed by atoms with E-state index in [9.17, 15) is 0 Å². The largest absolute Gasteiger partial charge is 0.329 e. The summed E-state index contributed by atoms with van der Waals surface area (Å²) in [4.78, 5) is 9.94. The van der Waals surface area contributed by atoms with Crippen molar-refractivity contribution in [2.75, 3.05) is 13.1 Å². The molecule has 0 aliphatic carbocycles. The highest BCUT2D eigenvalue weighted by Gasteiger charge is 2.18. The van der Waals surface area contributed by atoms with E-state index in [-0.39, 0.29) is 0 Å². The summed E-state index contributed by atoms with van der Waals surface area (Å²) < 4.78 is 3.00. The molecule has 0 amide bonds. The minimum Gasteiger partial charge on any atom is -0.329 e. The molecular weight excluding hydrogens is 256 g/mol. The number of imidazole rings is 1. The van der Waals surface area contributed by atoms with Gasteiger partial charge in [0.1, 0.15) is 0 Å². The Morgan fingerprint density at radius 3 is 2.95 bits per heavy atom. The standard InChI is InChI=1S/C14H20N4S/c1-11(17-7-3-2-4-8-17)10-18-13-5-6-15-9-12(13)16-14(18)19/h5-6,9,11H,2-4,7-8,10H2,1H3,(H,16,19). The van der Waals surface area contributed by atoms with E-state index in [0.717, 1.165) is 22.3 Å². The molecule has 5 heteroatoms. The predicted octanol–water partition coefficient (Wildman–Crippen LogP) is 2.97. The van der Waals surface area contributed by atoms with Gasteiger partial charge in [0, 0.05) is 18.8 Å². The van der Waals surface area contributed by atoms with Crippen LogP contribution in [0.25, 0.3) is 11.0 Å². The van der Waals surface area contributed by atoms with Crippen LogP contribution in [0.4, 0.5) is 0 Å². The molecule has 2 aromatic rings. The van der Waals surface area contributed by atoms with Crippen molar-refractivity contribution in [2.24, 2.45) is 0 Å². The highest BCUT2D eigenvalue weighted by atomic mass is 32.1. The third-order valence-corrected chi connectivity index (χ3v) is 4.36. The van der Waals surface area contributed by atoms with Gasteiger partial charge < -0.3 is 9.55 Å². The summed E-state index contributed by atoms with van der Waals surface area (Å²) in [7, 11) is 0. The smallest absolute Gasteiger partial charge is 0.178 e. The SMILES string of the molecule is CC(Cn1c(=S)[nH]c2cnccc21)N1CCCCC1. The Hall–Kier alpha value is -1.20. The van der Waals surface area contributed by atoms with Gasteiger partial charge in [0.25, 0.3) is 0 Å². The molecule has 3 rings (SSSR count). The summed E-state index contributed by atoms with van der Waals surface area (Å²) in [6.45, 7) is 5.69. The number of nitrogens with one attached hydrogen (secondary N) is 1. The number of nitrogens with zero attached hydrogens (tertiary/aromatic N) is 3. The lowest BCUT2D eigenvalue weighted by Gasteiger charge is -2.32. The van der Waals surface area contributed by atoms with Gasteiger partial charge in [0.05, 0.1) is 17.2 Å². The fraction of sp³-hybridized carbons (Fsp3) is 0.571. The van der Waals surface area contributed by atoms with Crippen molar-refractivity contribution in [1.29, 1.82) is 0 Å². The number of hydrogen-bond donors (Lipinski definition) is 1. The summed E-state index contributed by atoms with van der Waals surface area (Å²) in [5.74, 6) is 0. The number of H-pyrrole nitrogens is 1. The monoisotopic (exact) mass is 276 g/mol. The summed E-state index contributed by atoms with van der Waals surface area (Å²) >= 11 is 5.43. The molecule has 0 saturated carbocycles. The number of likely N-dealkylation sites (tertiary alicyclic amines) is 1. The summed E-state index contributed by atoms with van der Waals surface area (Å²) in [5, 5.41) is 0. The van der Waals surface area contributed by atoms with Crippen LogP contribution in [0.15, 0.2) is 18.5 Å². The quantitative estimate of drug-likeness (QED) is 0.876. The second-order valence-electron chi connectivity index (χ2n) is 5.38. The fourth-order valence-electron chi connectivity index (χ4n) is 2.93. The summed E-state index contributed by atoms with van der Waals surface area (Å²) in [6.07, 6.45) is 7.70. The lowest BCUT2D eigenvalue weighted by atomic mass is 10.1. The molecule has 1 fully saturated rings. The second-order valence-corrected chi connectivity index (χ2v) is 5.77. The summed E-state index contributed by atoms with van der Waals surface area (Å²) in [6, 6.07) is 2.56. The van der Waals surface area contributed by atoms with E-state index >= 15 is 0 Å². The van der Waals surface area contributed by atoms with Crippen molar-refractivity contribution in [1.82, 2.24) is 19.4 Å². The van der Waals surface area contributed by atoms with Crippen LogP contribution in [0.2, 0.25) is 0 Å². The highest BCUT2D eigenvalue weighted by Crippen LogP contribution is 2.17. The highest BCUT2D eigenvalue weighted by molar-refractivity contribution is 7.71. The van der Waals surface area contributed by atoms with E-state index in [0.29, 0.717) is 6.04 Å². The lowest BCUT2D eigenvalue weighted by molar-refractivity contribution is 0.160.